The molecule has 0 aromatic carbocycles. The molecule has 1 heterocycles. The number of carbonyl (C=O) groups excluding carboxylic acids is 1. The van der Waals surface area contributed by atoms with Crippen molar-refractivity contribution in [3.05, 3.63) is 21.9 Å². The zero-order valence-corrected chi connectivity index (χ0v) is 11.3. The lowest BCUT2D eigenvalue weighted by molar-refractivity contribution is 0.0936. The van der Waals surface area contributed by atoms with Crippen molar-refractivity contribution in [2.45, 2.75) is 25.1 Å². The first-order chi connectivity index (χ1) is 7.60. The number of nitrogens with one attached hydrogen (secondary N) is 1. The summed E-state index contributed by atoms with van der Waals surface area (Å²) in [6, 6.07) is -0.0354. The van der Waals surface area contributed by atoms with Gasteiger partial charge in [-0.3, -0.25) is 4.79 Å². The van der Waals surface area contributed by atoms with Crippen molar-refractivity contribution in [2.24, 2.45) is 0 Å². The Hall–Kier alpha value is -0.520. The Balaban J connectivity index is 2.61. The lowest BCUT2D eigenvalue weighted by atomic mass is 10.2. The minimum Gasteiger partial charge on any atom is -0.395 e. The molecule has 0 bridgehead atoms. The lowest BCUT2D eigenvalue weighted by Crippen LogP contribution is -2.41. The molecule has 90 valence electrons. The molecule has 0 aliphatic heterocycles. The Morgan fingerprint density at radius 3 is 2.75 bits per heavy atom. The summed E-state index contributed by atoms with van der Waals surface area (Å²) < 4.78 is 0. The van der Waals surface area contributed by atoms with Crippen LogP contribution in [0.15, 0.2) is 10.8 Å². The molecule has 1 aromatic rings. The summed E-state index contributed by atoms with van der Waals surface area (Å²) in [5.41, 5.74) is 1.73. The zero-order chi connectivity index (χ0) is 12.1. The molecule has 0 fully saturated rings. The summed E-state index contributed by atoms with van der Waals surface area (Å²) in [4.78, 5) is 11.9. The van der Waals surface area contributed by atoms with Gasteiger partial charge in [0.2, 0.25) is 0 Å². The third-order valence-corrected chi connectivity index (χ3v) is 4.52. The van der Waals surface area contributed by atoms with Crippen molar-refractivity contribution in [2.75, 3.05) is 12.9 Å². The number of amides is 1. The molecule has 5 heteroatoms. The molecule has 16 heavy (non-hydrogen) atoms. The normalized spacial score (nSPS) is 14.5. The molecule has 0 aliphatic carbocycles. The molecule has 0 saturated heterocycles. The molecular weight excluding hydrogens is 242 g/mol. The van der Waals surface area contributed by atoms with Crippen molar-refractivity contribution in [1.29, 1.82) is 0 Å². The summed E-state index contributed by atoms with van der Waals surface area (Å²) in [5.74, 6) is -0.0567. The average molecular weight is 259 g/mol. The molecule has 2 N–H and O–H groups in total. The van der Waals surface area contributed by atoms with E-state index in [2.05, 4.69) is 5.32 Å². The topological polar surface area (TPSA) is 49.3 Å². The van der Waals surface area contributed by atoms with Crippen LogP contribution in [0.3, 0.4) is 0 Å². The second-order valence-electron chi connectivity index (χ2n) is 3.69. The van der Waals surface area contributed by atoms with Gasteiger partial charge in [-0.2, -0.15) is 23.1 Å². The third-order valence-electron chi connectivity index (χ3n) is 2.50. The molecule has 0 spiro atoms. The van der Waals surface area contributed by atoms with Gasteiger partial charge in [0.1, 0.15) is 0 Å². The summed E-state index contributed by atoms with van der Waals surface area (Å²) >= 11 is 3.09. The number of aryl methyl sites for hydroxylation is 1. The fraction of sp³-hybridized carbons (Fsp3) is 0.545. The fourth-order valence-electron chi connectivity index (χ4n) is 1.41. The maximum absolute atomic E-state index is 11.9. The molecule has 2 atom stereocenters. The number of aliphatic hydroxyl groups is 1. The van der Waals surface area contributed by atoms with E-state index in [0.717, 1.165) is 11.1 Å². The maximum atomic E-state index is 11.9. The Kier molecular flexibility index (Phi) is 5.31. The molecular formula is C11H17NO2S2. The Bertz CT molecular complexity index is 348. The van der Waals surface area contributed by atoms with Crippen LogP contribution in [0.4, 0.5) is 0 Å². The van der Waals surface area contributed by atoms with Crippen LogP contribution in [0, 0.1) is 6.92 Å². The smallest absolute Gasteiger partial charge is 0.252 e. The van der Waals surface area contributed by atoms with E-state index in [9.17, 15) is 4.79 Å². The van der Waals surface area contributed by atoms with E-state index in [1.165, 1.54) is 11.3 Å². The number of rotatable bonds is 5. The maximum Gasteiger partial charge on any atom is 0.252 e. The van der Waals surface area contributed by atoms with E-state index < -0.39 is 0 Å². The van der Waals surface area contributed by atoms with Gasteiger partial charge >= 0.3 is 0 Å². The molecule has 0 saturated carbocycles. The molecule has 1 rings (SSSR count). The van der Waals surface area contributed by atoms with Gasteiger partial charge in [0.15, 0.2) is 0 Å². The van der Waals surface area contributed by atoms with Crippen molar-refractivity contribution in [3.63, 3.8) is 0 Å². The standard InChI is InChI=1S/C11H17NO2S2/c1-7-5-16-6-9(7)11(14)12-8(2)10(4-13)15-3/h5-6,8,10,13H,4H2,1-3H3,(H,12,14)/t8-,10+/m1/s1. The van der Waals surface area contributed by atoms with Crippen LogP contribution >= 0.6 is 23.1 Å². The van der Waals surface area contributed by atoms with Crippen LogP contribution in [-0.4, -0.2) is 35.2 Å². The summed E-state index contributed by atoms with van der Waals surface area (Å²) in [5, 5.41) is 15.9. The lowest BCUT2D eigenvalue weighted by Gasteiger charge is -2.21. The summed E-state index contributed by atoms with van der Waals surface area (Å²) in [6.07, 6.45) is 1.93. The van der Waals surface area contributed by atoms with Crippen LogP contribution < -0.4 is 5.32 Å². The Morgan fingerprint density at radius 2 is 2.31 bits per heavy atom. The van der Waals surface area contributed by atoms with Crippen LogP contribution in [0.5, 0.6) is 0 Å². The number of hydrogen-bond acceptors (Lipinski definition) is 4. The van der Waals surface area contributed by atoms with E-state index in [0.29, 0.717) is 0 Å². The largest absolute Gasteiger partial charge is 0.395 e. The second kappa shape index (κ2) is 6.27. The summed E-state index contributed by atoms with van der Waals surface area (Å²) in [6.45, 7) is 3.91. The first kappa shape index (κ1) is 13.5. The monoisotopic (exact) mass is 259 g/mol. The first-order valence-corrected chi connectivity index (χ1v) is 7.30. The van der Waals surface area contributed by atoms with E-state index >= 15 is 0 Å². The molecule has 0 radical (unpaired) electrons. The molecule has 1 aromatic heterocycles. The van der Waals surface area contributed by atoms with Crippen LogP contribution in [0.1, 0.15) is 22.8 Å². The first-order valence-electron chi connectivity index (χ1n) is 5.07. The van der Waals surface area contributed by atoms with Gasteiger partial charge in [-0.25, -0.2) is 0 Å². The van der Waals surface area contributed by atoms with Crippen molar-refractivity contribution in [1.82, 2.24) is 5.32 Å². The van der Waals surface area contributed by atoms with Crippen LogP contribution in [0.25, 0.3) is 0 Å². The molecule has 0 aliphatic rings. The number of hydrogen-bond donors (Lipinski definition) is 2. The van der Waals surface area contributed by atoms with Gasteiger partial charge in [-0.15, -0.1) is 0 Å². The van der Waals surface area contributed by atoms with Gasteiger partial charge in [0.05, 0.1) is 12.2 Å². The van der Waals surface area contributed by atoms with Gasteiger partial charge in [0, 0.05) is 16.7 Å². The number of carbonyl (C=O) groups is 1. The van der Waals surface area contributed by atoms with Crippen molar-refractivity contribution >= 4 is 29.0 Å². The highest BCUT2D eigenvalue weighted by Crippen LogP contribution is 2.15. The Labute approximate surface area is 104 Å². The molecule has 0 unspecified atom stereocenters. The summed E-state index contributed by atoms with van der Waals surface area (Å²) in [7, 11) is 0. The molecule has 1 amide bonds. The highest BCUT2D eigenvalue weighted by Gasteiger charge is 2.19. The second-order valence-corrected chi connectivity index (χ2v) is 5.51. The van der Waals surface area contributed by atoms with Crippen molar-refractivity contribution in [3.8, 4) is 0 Å². The SMILES string of the molecule is CS[C@@H](CO)[C@@H](C)NC(=O)c1cscc1C. The number of thiophene rings is 1. The van der Waals surface area contributed by atoms with Gasteiger partial charge in [0.25, 0.3) is 5.91 Å². The highest BCUT2D eigenvalue weighted by atomic mass is 32.2. The van der Waals surface area contributed by atoms with E-state index in [1.807, 2.05) is 30.9 Å². The number of thioether (sulfide) groups is 1. The van der Waals surface area contributed by atoms with Gasteiger partial charge in [-0.05, 0) is 31.0 Å². The quantitative estimate of drug-likeness (QED) is 0.849. The van der Waals surface area contributed by atoms with E-state index in [4.69, 9.17) is 5.11 Å². The van der Waals surface area contributed by atoms with E-state index in [-0.39, 0.29) is 23.8 Å². The predicted octanol–water partition coefficient (Wildman–Crippen LogP) is 1.90. The minimum absolute atomic E-state index is 0.0354. The van der Waals surface area contributed by atoms with Crippen molar-refractivity contribution < 1.29 is 9.90 Å². The molecule has 3 nitrogen and oxygen atoms in total. The zero-order valence-electron chi connectivity index (χ0n) is 9.69. The average Bonchev–Trinajstić information content (AvgIpc) is 2.66. The van der Waals surface area contributed by atoms with Gasteiger partial charge < -0.3 is 10.4 Å². The minimum atomic E-state index is -0.0567. The fourth-order valence-corrected chi connectivity index (χ4v) is 2.86. The van der Waals surface area contributed by atoms with Crippen LogP contribution in [0.2, 0.25) is 0 Å². The van der Waals surface area contributed by atoms with Gasteiger partial charge in [-0.1, -0.05) is 0 Å². The Morgan fingerprint density at radius 1 is 1.62 bits per heavy atom. The predicted molar refractivity (Wildman–Crippen MR) is 70.4 cm³/mol. The number of aliphatic hydroxyl groups excluding tert-OH is 1. The van der Waals surface area contributed by atoms with E-state index in [1.54, 1.807) is 11.8 Å². The van der Waals surface area contributed by atoms with Crippen LogP contribution in [-0.2, 0) is 0 Å². The highest BCUT2D eigenvalue weighted by molar-refractivity contribution is 7.99. The third kappa shape index (κ3) is 3.23.